The number of hydrogen-bond acceptors (Lipinski definition) is 6. The van der Waals surface area contributed by atoms with Gasteiger partial charge in [0.2, 0.25) is 5.88 Å². The molecule has 0 unspecified atom stereocenters. The van der Waals surface area contributed by atoms with Crippen LogP contribution in [0.25, 0.3) is 0 Å². The van der Waals surface area contributed by atoms with Gasteiger partial charge in [0.25, 0.3) is 0 Å². The van der Waals surface area contributed by atoms with Crippen LogP contribution in [0.1, 0.15) is 30.7 Å². The molecule has 0 radical (unpaired) electrons. The van der Waals surface area contributed by atoms with Gasteiger partial charge in [0.1, 0.15) is 18.1 Å². The number of aryl methyl sites for hydroxylation is 2. The van der Waals surface area contributed by atoms with Crippen LogP contribution in [0.2, 0.25) is 0 Å². The third kappa shape index (κ3) is 10.7. The van der Waals surface area contributed by atoms with Crippen LogP contribution in [0.15, 0.2) is 63.5 Å². The Morgan fingerprint density at radius 1 is 1.19 bits per heavy atom. The first-order valence-electron chi connectivity index (χ1n) is 8.61. The molecule has 2 N–H and O–H groups in total. The molecule has 0 saturated heterocycles. The molecule has 148 valence electrons. The van der Waals surface area contributed by atoms with Gasteiger partial charge in [-0.2, -0.15) is 0 Å². The summed E-state index contributed by atoms with van der Waals surface area (Å²) in [5.41, 5.74) is 6.97. The van der Waals surface area contributed by atoms with Crippen molar-refractivity contribution in [2.24, 2.45) is 15.7 Å². The van der Waals surface area contributed by atoms with E-state index < -0.39 is 0 Å². The van der Waals surface area contributed by atoms with E-state index in [9.17, 15) is 0 Å². The lowest BCUT2D eigenvalue weighted by atomic mass is 10.1. The predicted molar refractivity (Wildman–Crippen MR) is 112 cm³/mol. The van der Waals surface area contributed by atoms with Crippen molar-refractivity contribution in [3.8, 4) is 5.75 Å². The largest absolute Gasteiger partial charge is 0.478 e. The SMILES string of the molecule is C=NC(=C)OCC.CC(=NCc1ccco1)Oc1ccc(C)c(C)c1.CN. The van der Waals surface area contributed by atoms with Crippen LogP contribution >= 0.6 is 0 Å². The van der Waals surface area contributed by atoms with Crippen molar-refractivity contribution in [2.75, 3.05) is 13.7 Å². The highest BCUT2D eigenvalue weighted by molar-refractivity contribution is 5.75. The molecule has 1 heterocycles. The van der Waals surface area contributed by atoms with Crippen molar-refractivity contribution in [3.63, 3.8) is 0 Å². The van der Waals surface area contributed by atoms with Crippen molar-refractivity contribution in [3.05, 3.63) is 65.9 Å². The first-order chi connectivity index (χ1) is 13.0. The zero-order chi connectivity index (χ0) is 20.7. The Morgan fingerprint density at radius 2 is 1.89 bits per heavy atom. The van der Waals surface area contributed by atoms with Gasteiger partial charge in [-0.15, -0.1) is 0 Å². The summed E-state index contributed by atoms with van der Waals surface area (Å²) in [4.78, 5) is 7.73. The molecule has 0 saturated carbocycles. The molecular formula is C21H31N3O3. The van der Waals surface area contributed by atoms with E-state index in [0.29, 0.717) is 24.9 Å². The lowest BCUT2D eigenvalue weighted by Gasteiger charge is -2.07. The standard InChI is InChI=1S/C15H17NO2.C5H9NO.CH5N/c1-11-6-7-14(9-12(11)2)18-13(3)16-10-15-5-4-8-17-15;1-4-7-5(2)6-3;1-2/h4-9H,10H2,1-3H3;2-4H2,1H3;2H2,1H3. The maximum Gasteiger partial charge on any atom is 0.205 e. The number of furan rings is 1. The summed E-state index contributed by atoms with van der Waals surface area (Å²) in [5, 5.41) is 0. The highest BCUT2D eigenvalue weighted by Gasteiger charge is 2.00. The van der Waals surface area contributed by atoms with E-state index >= 15 is 0 Å². The second-order valence-electron chi connectivity index (χ2n) is 5.25. The topological polar surface area (TPSA) is 82.3 Å². The van der Waals surface area contributed by atoms with Crippen LogP contribution in [-0.4, -0.2) is 26.3 Å². The van der Waals surface area contributed by atoms with E-state index in [-0.39, 0.29) is 0 Å². The number of hydrogen-bond donors (Lipinski definition) is 1. The summed E-state index contributed by atoms with van der Waals surface area (Å²) in [6, 6.07) is 9.76. The Hall–Kier alpha value is -2.86. The highest BCUT2D eigenvalue weighted by atomic mass is 16.5. The second kappa shape index (κ2) is 14.3. The quantitative estimate of drug-likeness (QED) is 0.453. The van der Waals surface area contributed by atoms with Gasteiger partial charge >= 0.3 is 0 Å². The molecule has 0 fully saturated rings. The molecule has 6 heteroatoms. The molecule has 1 aromatic carbocycles. The van der Waals surface area contributed by atoms with Crippen LogP contribution in [0.5, 0.6) is 5.75 Å². The number of benzene rings is 1. The normalized spacial score (nSPS) is 9.93. The Balaban J connectivity index is 0.000000637. The van der Waals surface area contributed by atoms with Crippen molar-refractivity contribution in [1.82, 2.24) is 0 Å². The van der Waals surface area contributed by atoms with Gasteiger partial charge in [0, 0.05) is 6.92 Å². The Kier molecular flexibility index (Phi) is 12.8. The third-order valence-electron chi connectivity index (χ3n) is 3.27. The minimum Gasteiger partial charge on any atom is -0.478 e. The van der Waals surface area contributed by atoms with E-state index in [4.69, 9.17) is 13.9 Å². The maximum atomic E-state index is 5.66. The molecule has 2 rings (SSSR count). The maximum absolute atomic E-state index is 5.66. The average Bonchev–Trinajstić information content (AvgIpc) is 3.19. The molecule has 2 aromatic rings. The summed E-state index contributed by atoms with van der Waals surface area (Å²) < 4.78 is 15.6. The molecule has 0 aliphatic rings. The van der Waals surface area contributed by atoms with Crippen molar-refractivity contribution >= 4 is 12.6 Å². The lowest BCUT2D eigenvalue weighted by Crippen LogP contribution is -2.04. The van der Waals surface area contributed by atoms with Crippen LogP contribution in [0.3, 0.4) is 0 Å². The molecule has 0 aliphatic heterocycles. The number of rotatable bonds is 6. The van der Waals surface area contributed by atoms with Gasteiger partial charge in [-0.1, -0.05) is 6.07 Å². The van der Waals surface area contributed by atoms with Crippen LogP contribution in [0, 0.1) is 13.8 Å². The van der Waals surface area contributed by atoms with Crippen molar-refractivity contribution in [1.29, 1.82) is 0 Å². The monoisotopic (exact) mass is 373 g/mol. The number of nitrogens with zero attached hydrogens (tertiary/aromatic N) is 2. The predicted octanol–water partition coefficient (Wildman–Crippen LogP) is 4.66. The van der Waals surface area contributed by atoms with Crippen LogP contribution in [-0.2, 0) is 11.3 Å². The Morgan fingerprint density at radius 3 is 2.37 bits per heavy atom. The molecule has 1 aromatic heterocycles. The zero-order valence-electron chi connectivity index (χ0n) is 17.0. The van der Waals surface area contributed by atoms with Gasteiger partial charge in [0.15, 0.2) is 5.90 Å². The lowest BCUT2D eigenvalue weighted by molar-refractivity contribution is 0.229. The Labute approximate surface area is 162 Å². The zero-order valence-corrected chi connectivity index (χ0v) is 17.0. The summed E-state index contributed by atoms with van der Waals surface area (Å²) in [6.07, 6.45) is 1.64. The summed E-state index contributed by atoms with van der Waals surface area (Å²) in [5.74, 6) is 2.67. The number of nitrogens with two attached hydrogens (primary N) is 1. The fourth-order valence-electron chi connectivity index (χ4n) is 1.78. The van der Waals surface area contributed by atoms with E-state index in [1.54, 1.807) is 6.26 Å². The smallest absolute Gasteiger partial charge is 0.205 e. The van der Waals surface area contributed by atoms with E-state index in [1.165, 1.54) is 18.2 Å². The summed E-state index contributed by atoms with van der Waals surface area (Å²) in [7, 11) is 1.50. The van der Waals surface area contributed by atoms with Gasteiger partial charge in [-0.3, -0.25) is 0 Å². The molecule has 0 spiro atoms. The summed E-state index contributed by atoms with van der Waals surface area (Å²) in [6.45, 7) is 15.6. The van der Waals surface area contributed by atoms with Gasteiger partial charge in [-0.25, -0.2) is 9.98 Å². The first-order valence-corrected chi connectivity index (χ1v) is 8.61. The molecule has 6 nitrogen and oxygen atoms in total. The van der Waals surface area contributed by atoms with Gasteiger partial charge in [0.05, 0.1) is 12.9 Å². The third-order valence-corrected chi connectivity index (χ3v) is 3.27. The highest BCUT2D eigenvalue weighted by Crippen LogP contribution is 2.16. The van der Waals surface area contributed by atoms with E-state index in [0.717, 1.165) is 11.5 Å². The van der Waals surface area contributed by atoms with Gasteiger partial charge < -0.3 is 19.6 Å². The van der Waals surface area contributed by atoms with Crippen LogP contribution in [0.4, 0.5) is 0 Å². The second-order valence-corrected chi connectivity index (χ2v) is 5.25. The number of aliphatic imine (C=N–C) groups is 2. The van der Waals surface area contributed by atoms with Gasteiger partial charge in [-0.05, 0) is 76.5 Å². The fourth-order valence-corrected chi connectivity index (χ4v) is 1.78. The first kappa shape index (κ1) is 24.1. The fraction of sp³-hybridized carbons (Fsp3) is 0.333. The van der Waals surface area contributed by atoms with Crippen molar-refractivity contribution in [2.45, 2.75) is 34.2 Å². The average molecular weight is 373 g/mol. The molecule has 0 aliphatic carbocycles. The molecule has 27 heavy (non-hydrogen) atoms. The summed E-state index contributed by atoms with van der Waals surface area (Å²) >= 11 is 0. The molecule has 0 atom stereocenters. The minimum absolute atomic E-state index is 0.391. The van der Waals surface area contributed by atoms with Crippen molar-refractivity contribution < 1.29 is 13.9 Å². The molecule has 0 bridgehead atoms. The number of ether oxygens (including phenoxy) is 2. The van der Waals surface area contributed by atoms with E-state index in [1.807, 2.05) is 44.2 Å². The molecular weight excluding hydrogens is 342 g/mol. The minimum atomic E-state index is 0.391. The molecule has 0 amide bonds. The van der Waals surface area contributed by atoms with E-state index in [2.05, 4.69) is 42.9 Å². The van der Waals surface area contributed by atoms with Crippen LogP contribution < -0.4 is 10.5 Å². The Bertz CT molecular complexity index is 707.